The third kappa shape index (κ3) is 4.02. The van der Waals surface area contributed by atoms with Crippen LogP contribution in [0.4, 0.5) is 4.39 Å². The molecule has 2 rings (SSSR count). The summed E-state index contributed by atoms with van der Waals surface area (Å²) in [5.41, 5.74) is 6.10. The van der Waals surface area contributed by atoms with E-state index in [-0.39, 0.29) is 17.5 Å². The van der Waals surface area contributed by atoms with E-state index >= 15 is 0 Å². The van der Waals surface area contributed by atoms with Crippen LogP contribution in [0.1, 0.15) is 44.6 Å². The molecule has 1 aromatic carbocycles. The second kappa shape index (κ2) is 6.85. The van der Waals surface area contributed by atoms with Gasteiger partial charge in [0.05, 0.1) is 0 Å². The van der Waals surface area contributed by atoms with Crippen LogP contribution in [-0.2, 0) is 16.6 Å². The largest absolute Gasteiger partial charge is 0.326 e. The van der Waals surface area contributed by atoms with Gasteiger partial charge in [-0.2, -0.15) is 0 Å². The van der Waals surface area contributed by atoms with Crippen LogP contribution in [0, 0.1) is 11.7 Å². The molecule has 1 aliphatic carbocycles. The van der Waals surface area contributed by atoms with Gasteiger partial charge < -0.3 is 5.73 Å². The fourth-order valence-corrected chi connectivity index (χ4v) is 4.34. The first kappa shape index (κ1) is 16.4. The molecule has 0 amide bonds. The molecule has 1 aliphatic rings. The zero-order chi connectivity index (χ0) is 15.5. The van der Waals surface area contributed by atoms with Crippen LogP contribution in [-0.4, -0.2) is 14.5 Å². The highest BCUT2D eigenvalue weighted by molar-refractivity contribution is 7.89. The van der Waals surface area contributed by atoms with Crippen molar-refractivity contribution in [2.75, 3.05) is 0 Å². The van der Waals surface area contributed by atoms with Gasteiger partial charge in [0.1, 0.15) is 10.7 Å². The molecule has 0 radical (unpaired) electrons. The van der Waals surface area contributed by atoms with Crippen molar-refractivity contribution >= 4 is 10.0 Å². The number of rotatable bonds is 5. The monoisotopic (exact) mass is 314 g/mol. The van der Waals surface area contributed by atoms with Gasteiger partial charge in [-0.1, -0.05) is 32.3 Å². The number of benzene rings is 1. The predicted molar refractivity (Wildman–Crippen MR) is 80.6 cm³/mol. The lowest BCUT2D eigenvalue weighted by molar-refractivity contribution is 0.301. The van der Waals surface area contributed by atoms with Gasteiger partial charge in [-0.25, -0.2) is 17.5 Å². The standard InChI is InChI=1S/C15H23FN2O2S/c1-2-11-4-3-5-13(8-11)18-21(19,20)15-9-12(10-17)6-7-14(15)16/h6-7,9,11,13,18H,2-5,8,10,17H2,1H3. The third-order valence-corrected chi connectivity index (χ3v) is 5.74. The van der Waals surface area contributed by atoms with Gasteiger partial charge in [0, 0.05) is 12.6 Å². The fourth-order valence-electron chi connectivity index (χ4n) is 2.93. The Balaban J connectivity index is 2.18. The van der Waals surface area contributed by atoms with E-state index in [0.29, 0.717) is 11.5 Å². The summed E-state index contributed by atoms with van der Waals surface area (Å²) in [5.74, 6) is -0.186. The van der Waals surface area contributed by atoms with Gasteiger partial charge in [-0.15, -0.1) is 0 Å². The highest BCUT2D eigenvalue weighted by Gasteiger charge is 2.27. The lowest BCUT2D eigenvalue weighted by Gasteiger charge is -2.28. The van der Waals surface area contributed by atoms with E-state index in [0.717, 1.165) is 38.2 Å². The summed E-state index contributed by atoms with van der Waals surface area (Å²) in [5, 5.41) is 0. The Kier molecular flexibility index (Phi) is 5.35. The normalized spacial score (nSPS) is 23.2. The second-order valence-corrected chi connectivity index (χ2v) is 7.41. The van der Waals surface area contributed by atoms with Crippen LogP contribution in [0.25, 0.3) is 0 Å². The lowest BCUT2D eigenvalue weighted by atomic mass is 9.85. The minimum atomic E-state index is -3.84. The van der Waals surface area contributed by atoms with Crippen LogP contribution in [0.15, 0.2) is 23.1 Å². The maximum absolute atomic E-state index is 13.8. The summed E-state index contributed by atoms with van der Waals surface area (Å²) < 4.78 is 41.3. The van der Waals surface area contributed by atoms with Crippen LogP contribution in [0.3, 0.4) is 0 Å². The molecule has 1 aromatic rings. The van der Waals surface area contributed by atoms with E-state index in [9.17, 15) is 12.8 Å². The third-order valence-electron chi connectivity index (χ3n) is 4.20. The molecule has 2 atom stereocenters. The summed E-state index contributed by atoms with van der Waals surface area (Å²) in [6.07, 6.45) is 4.85. The van der Waals surface area contributed by atoms with E-state index in [2.05, 4.69) is 11.6 Å². The Labute approximate surface area is 126 Å². The molecule has 1 saturated carbocycles. The molecule has 0 spiro atoms. The number of nitrogens with one attached hydrogen (secondary N) is 1. The van der Waals surface area contributed by atoms with Crippen molar-refractivity contribution < 1.29 is 12.8 Å². The van der Waals surface area contributed by atoms with Gasteiger partial charge in [0.2, 0.25) is 10.0 Å². The Bertz CT molecular complexity index is 589. The molecule has 3 N–H and O–H groups in total. The first-order chi connectivity index (χ1) is 9.96. The topological polar surface area (TPSA) is 72.2 Å². The molecule has 2 unspecified atom stereocenters. The molecule has 0 saturated heterocycles. The zero-order valence-corrected chi connectivity index (χ0v) is 13.1. The quantitative estimate of drug-likeness (QED) is 0.877. The first-order valence-electron chi connectivity index (χ1n) is 7.47. The van der Waals surface area contributed by atoms with Crippen molar-refractivity contribution in [3.63, 3.8) is 0 Å². The van der Waals surface area contributed by atoms with Gasteiger partial charge in [-0.3, -0.25) is 0 Å². The van der Waals surface area contributed by atoms with Crippen LogP contribution in [0.2, 0.25) is 0 Å². The number of hydrogen-bond acceptors (Lipinski definition) is 3. The molecule has 0 heterocycles. The Morgan fingerprint density at radius 3 is 2.81 bits per heavy atom. The van der Waals surface area contributed by atoms with Gasteiger partial charge in [-0.05, 0) is 36.5 Å². The molecule has 21 heavy (non-hydrogen) atoms. The Hall–Kier alpha value is -0.980. The average molecular weight is 314 g/mol. The smallest absolute Gasteiger partial charge is 0.243 e. The second-order valence-electron chi connectivity index (χ2n) is 5.73. The maximum Gasteiger partial charge on any atom is 0.243 e. The average Bonchev–Trinajstić information content (AvgIpc) is 2.47. The molecular formula is C15H23FN2O2S. The predicted octanol–water partition coefficient (Wildman–Crippen LogP) is 2.53. The molecule has 1 fully saturated rings. The molecule has 118 valence electrons. The summed E-state index contributed by atoms with van der Waals surface area (Å²) in [7, 11) is -3.84. The van der Waals surface area contributed by atoms with E-state index in [4.69, 9.17) is 5.73 Å². The van der Waals surface area contributed by atoms with E-state index in [1.165, 1.54) is 12.1 Å². The summed E-state index contributed by atoms with van der Waals surface area (Å²) in [6, 6.07) is 3.88. The molecule has 0 aromatic heterocycles. The molecular weight excluding hydrogens is 291 g/mol. The van der Waals surface area contributed by atoms with Gasteiger partial charge >= 0.3 is 0 Å². The van der Waals surface area contributed by atoms with Crippen molar-refractivity contribution in [2.45, 2.75) is 56.5 Å². The fraction of sp³-hybridized carbons (Fsp3) is 0.600. The lowest BCUT2D eigenvalue weighted by Crippen LogP contribution is -2.38. The van der Waals surface area contributed by atoms with E-state index in [1.807, 2.05) is 0 Å². The van der Waals surface area contributed by atoms with E-state index in [1.54, 1.807) is 0 Å². The summed E-state index contributed by atoms with van der Waals surface area (Å²) >= 11 is 0. The number of halogens is 1. The maximum atomic E-state index is 13.8. The number of sulfonamides is 1. The Morgan fingerprint density at radius 2 is 2.14 bits per heavy atom. The van der Waals surface area contributed by atoms with Crippen molar-refractivity contribution in [1.82, 2.24) is 4.72 Å². The van der Waals surface area contributed by atoms with E-state index < -0.39 is 15.8 Å². The van der Waals surface area contributed by atoms with Crippen molar-refractivity contribution in [3.05, 3.63) is 29.6 Å². The minimum Gasteiger partial charge on any atom is -0.326 e. The van der Waals surface area contributed by atoms with Crippen LogP contribution in [0.5, 0.6) is 0 Å². The highest BCUT2D eigenvalue weighted by Crippen LogP contribution is 2.28. The first-order valence-corrected chi connectivity index (χ1v) is 8.95. The summed E-state index contributed by atoms with van der Waals surface area (Å²) in [4.78, 5) is -0.302. The van der Waals surface area contributed by atoms with Crippen molar-refractivity contribution in [3.8, 4) is 0 Å². The van der Waals surface area contributed by atoms with Crippen molar-refractivity contribution in [1.29, 1.82) is 0 Å². The van der Waals surface area contributed by atoms with Crippen LogP contribution < -0.4 is 10.5 Å². The number of hydrogen-bond donors (Lipinski definition) is 2. The molecule has 4 nitrogen and oxygen atoms in total. The van der Waals surface area contributed by atoms with Gasteiger partial charge in [0.25, 0.3) is 0 Å². The van der Waals surface area contributed by atoms with Gasteiger partial charge in [0.15, 0.2) is 0 Å². The number of nitrogens with two attached hydrogens (primary N) is 1. The molecule has 0 aliphatic heterocycles. The highest BCUT2D eigenvalue weighted by atomic mass is 32.2. The van der Waals surface area contributed by atoms with Crippen LogP contribution >= 0.6 is 0 Å². The zero-order valence-electron chi connectivity index (χ0n) is 12.3. The molecule has 6 heteroatoms. The minimum absolute atomic E-state index is 0.102. The molecule has 0 bridgehead atoms. The summed E-state index contributed by atoms with van der Waals surface area (Å²) in [6.45, 7) is 2.30. The van der Waals surface area contributed by atoms with Crippen molar-refractivity contribution in [2.24, 2.45) is 11.7 Å². The Morgan fingerprint density at radius 1 is 1.38 bits per heavy atom. The SMILES string of the molecule is CCC1CCCC(NS(=O)(=O)c2cc(CN)ccc2F)C1.